The Morgan fingerprint density at radius 3 is 2.07 bits per heavy atom. The highest BCUT2D eigenvalue weighted by molar-refractivity contribution is 5.92. The van der Waals surface area contributed by atoms with Crippen molar-refractivity contribution < 1.29 is 23.7 Å². The van der Waals surface area contributed by atoms with E-state index >= 15 is 0 Å². The summed E-state index contributed by atoms with van der Waals surface area (Å²) in [6.07, 6.45) is 3.17. The summed E-state index contributed by atoms with van der Waals surface area (Å²) >= 11 is 0. The summed E-state index contributed by atoms with van der Waals surface area (Å²) in [5.74, 6) is 2.09. The largest absolute Gasteiger partial charge is 0.496 e. The van der Waals surface area contributed by atoms with Crippen LogP contribution in [0.1, 0.15) is 29.7 Å². The van der Waals surface area contributed by atoms with Crippen molar-refractivity contribution in [1.29, 1.82) is 0 Å². The third kappa shape index (κ3) is 4.97. The molecule has 0 saturated heterocycles. The van der Waals surface area contributed by atoms with Gasteiger partial charge in [0, 0.05) is 11.6 Å². The highest BCUT2D eigenvalue weighted by Crippen LogP contribution is 2.38. The zero-order valence-corrected chi connectivity index (χ0v) is 17.2. The normalized spacial score (nSPS) is 11.8. The van der Waals surface area contributed by atoms with E-state index in [1.165, 1.54) is 6.08 Å². The molecule has 0 bridgehead atoms. The molecule has 0 spiro atoms. The molecule has 6 heteroatoms. The Balaban J connectivity index is 2.17. The lowest BCUT2D eigenvalue weighted by Crippen LogP contribution is -2.25. The number of ether oxygens (including phenoxy) is 4. The van der Waals surface area contributed by atoms with Crippen LogP contribution in [0.2, 0.25) is 0 Å². The molecule has 2 aromatic carbocycles. The van der Waals surface area contributed by atoms with Gasteiger partial charge in [-0.1, -0.05) is 17.7 Å². The lowest BCUT2D eigenvalue weighted by atomic mass is 10.0. The van der Waals surface area contributed by atoms with Crippen LogP contribution < -0.4 is 24.3 Å². The molecular formula is C22H27NO5. The summed E-state index contributed by atoms with van der Waals surface area (Å²) in [5.41, 5.74) is 2.78. The highest BCUT2D eigenvalue weighted by atomic mass is 16.5. The van der Waals surface area contributed by atoms with E-state index in [4.69, 9.17) is 18.9 Å². The Morgan fingerprint density at radius 1 is 0.929 bits per heavy atom. The minimum Gasteiger partial charge on any atom is -0.496 e. The van der Waals surface area contributed by atoms with Crippen molar-refractivity contribution in [2.75, 3.05) is 28.4 Å². The molecule has 28 heavy (non-hydrogen) atoms. The molecule has 2 aromatic rings. The van der Waals surface area contributed by atoms with Gasteiger partial charge in [0.2, 0.25) is 11.7 Å². The van der Waals surface area contributed by atoms with Gasteiger partial charge in [-0.2, -0.15) is 0 Å². The van der Waals surface area contributed by atoms with Crippen molar-refractivity contribution >= 4 is 12.0 Å². The van der Waals surface area contributed by atoms with Gasteiger partial charge < -0.3 is 24.3 Å². The summed E-state index contributed by atoms with van der Waals surface area (Å²) in [4.78, 5) is 12.4. The van der Waals surface area contributed by atoms with Crippen molar-refractivity contribution in [3.8, 4) is 23.0 Å². The van der Waals surface area contributed by atoms with Crippen LogP contribution in [-0.4, -0.2) is 34.3 Å². The van der Waals surface area contributed by atoms with Crippen LogP contribution in [0.5, 0.6) is 23.0 Å². The Labute approximate surface area is 166 Å². The van der Waals surface area contributed by atoms with Gasteiger partial charge in [-0.05, 0) is 43.7 Å². The fourth-order valence-corrected chi connectivity index (χ4v) is 2.90. The molecule has 0 aliphatic rings. The van der Waals surface area contributed by atoms with Gasteiger partial charge >= 0.3 is 0 Å². The standard InChI is InChI=1S/C22H27NO5/c1-14-7-9-18(25-3)17(11-14)15(2)23-21(24)10-8-16-12-19(26-4)22(28-6)20(13-16)27-5/h7-13,15H,1-6H3,(H,23,24)/b10-8+. The van der Waals surface area contributed by atoms with Gasteiger partial charge in [0.25, 0.3) is 0 Å². The smallest absolute Gasteiger partial charge is 0.244 e. The molecule has 2 rings (SSSR count). The van der Waals surface area contributed by atoms with Gasteiger partial charge in [-0.25, -0.2) is 0 Å². The quantitative estimate of drug-likeness (QED) is 0.698. The highest BCUT2D eigenvalue weighted by Gasteiger charge is 2.14. The van der Waals surface area contributed by atoms with Gasteiger partial charge in [0.15, 0.2) is 11.5 Å². The number of hydrogen-bond acceptors (Lipinski definition) is 5. The number of nitrogens with one attached hydrogen (secondary N) is 1. The Bertz CT molecular complexity index is 835. The zero-order valence-electron chi connectivity index (χ0n) is 17.2. The molecule has 6 nitrogen and oxygen atoms in total. The fraction of sp³-hybridized carbons (Fsp3) is 0.318. The Kier molecular flexibility index (Phi) is 7.32. The predicted molar refractivity (Wildman–Crippen MR) is 109 cm³/mol. The van der Waals surface area contributed by atoms with Gasteiger partial charge in [-0.3, -0.25) is 4.79 Å². The molecule has 1 amide bonds. The first-order chi connectivity index (χ1) is 13.4. The summed E-state index contributed by atoms with van der Waals surface area (Å²) < 4.78 is 21.4. The van der Waals surface area contributed by atoms with Crippen LogP contribution in [0.4, 0.5) is 0 Å². The van der Waals surface area contributed by atoms with Gasteiger partial charge in [0.05, 0.1) is 34.5 Å². The third-order valence-electron chi connectivity index (χ3n) is 4.32. The molecule has 0 saturated carbocycles. The SMILES string of the molecule is COc1ccc(C)cc1C(C)NC(=O)/C=C/c1cc(OC)c(OC)c(OC)c1. The Hall–Kier alpha value is -3.15. The first-order valence-electron chi connectivity index (χ1n) is 8.86. The molecule has 1 atom stereocenters. The van der Waals surface area contributed by atoms with E-state index in [-0.39, 0.29) is 11.9 Å². The molecule has 0 aliphatic carbocycles. The van der Waals surface area contributed by atoms with E-state index in [0.717, 1.165) is 22.4 Å². The summed E-state index contributed by atoms with van der Waals surface area (Å²) in [6.45, 7) is 3.92. The molecule has 1 unspecified atom stereocenters. The first-order valence-corrected chi connectivity index (χ1v) is 8.86. The van der Waals surface area contributed by atoms with E-state index < -0.39 is 0 Å². The van der Waals surface area contributed by atoms with E-state index in [2.05, 4.69) is 5.32 Å². The van der Waals surface area contributed by atoms with Crippen LogP contribution >= 0.6 is 0 Å². The van der Waals surface area contributed by atoms with Crippen LogP contribution in [0.15, 0.2) is 36.4 Å². The minimum atomic E-state index is -0.218. The van der Waals surface area contributed by atoms with Crippen molar-refractivity contribution in [2.45, 2.75) is 19.9 Å². The van der Waals surface area contributed by atoms with Crippen LogP contribution in [-0.2, 0) is 4.79 Å². The molecule has 150 valence electrons. The molecule has 0 fully saturated rings. The number of benzene rings is 2. The van der Waals surface area contributed by atoms with E-state index in [1.807, 2.05) is 32.0 Å². The zero-order chi connectivity index (χ0) is 20.7. The number of amides is 1. The average Bonchev–Trinajstić information content (AvgIpc) is 2.71. The molecular weight excluding hydrogens is 358 g/mol. The average molecular weight is 385 g/mol. The monoisotopic (exact) mass is 385 g/mol. The van der Waals surface area contributed by atoms with Crippen LogP contribution in [0.3, 0.4) is 0 Å². The number of rotatable bonds is 8. The third-order valence-corrected chi connectivity index (χ3v) is 4.32. The molecule has 0 aromatic heterocycles. The van der Waals surface area contributed by atoms with Crippen LogP contribution in [0.25, 0.3) is 6.08 Å². The summed E-state index contributed by atoms with van der Waals surface area (Å²) in [6, 6.07) is 9.23. The number of carbonyl (C=O) groups excluding carboxylic acids is 1. The number of aryl methyl sites for hydroxylation is 1. The second-order valence-electron chi connectivity index (χ2n) is 6.27. The number of hydrogen-bond donors (Lipinski definition) is 1. The predicted octanol–water partition coefficient (Wildman–Crippen LogP) is 3.92. The second kappa shape index (κ2) is 9.69. The maximum Gasteiger partial charge on any atom is 0.244 e. The molecule has 1 N–H and O–H groups in total. The van der Waals surface area contributed by atoms with Crippen LogP contribution in [0, 0.1) is 6.92 Å². The van der Waals surface area contributed by atoms with Crippen molar-refractivity contribution in [1.82, 2.24) is 5.32 Å². The van der Waals surface area contributed by atoms with E-state index in [1.54, 1.807) is 46.6 Å². The van der Waals surface area contributed by atoms with Gasteiger partial charge in [-0.15, -0.1) is 0 Å². The molecule has 0 aliphatic heterocycles. The fourth-order valence-electron chi connectivity index (χ4n) is 2.90. The number of carbonyl (C=O) groups is 1. The number of methoxy groups -OCH3 is 4. The summed E-state index contributed by atoms with van der Waals surface area (Å²) in [5, 5.41) is 2.96. The lowest BCUT2D eigenvalue weighted by Gasteiger charge is -2.17. The second-order valence-corrected chi connectivity index (χ2v) is 6.27. The maximum atomic E-state index is 12.4. The minimum absolute atomic E-state index is 0.202. The Morgan fingerprint density at radius 2 is 1.54 bits per heavy atom. The molecule has 0 heterocycles. The van der Waals surface area contributed by atoms with Crippen molar-refractivity contribution in [3.63, 3.8) is 0 Å². The lowest BCUT2D eigenvalue weighted by molar-refractivity contribution is -0.117. The topological polar surface area (TPSA) is 66.0 Å². The van der Waals surface area contributed by atoms with E-state index in [9.17, 15) is 4.79 Å². The molecule has 0 radical (unpaired) electrons. The maximum absolute atomic E-state index is 12.4. The van der Waals surface area contributed by atoms with E-state index in [0.29, 0.717) is 17.2 Å². The van der Waals surface area contributed by atoms with Crippen molar-refractivity contribution in [2.24, 2.45) is 0 Å². The van der Waals surface area contributed by atoms with Gasteiger partial charge in [0.1, 0.15) is 5.75 Å². The van der Waals surface area contributed by atoms with Crippen molar-refractivity contribution in [3.05, 3.63) is 53.1 Å². The summed E-state index contributed by atoms with van der Waals surface area (Å²) in [7, 11) is 6.26. The first kappa shape index (κ1) is 21.2.